The second-order valence-electron chi connectivity index (χ2n) is 3.22. The van der Waals surface area contributed by atoms with Gasteiger partial charge in [-0.05, 0) is 31.2 Å². The summed E-state index contributed by atoms with van der Waals surface area (Å²) in [7, 11) is 0. The van der Waals surface area contributed by atoms with Crippen LogP contribution in [0.4, 0.5) is 5.69 Å². The average Bonchev–Trinajstić information content (AvgIpc) is 2.68. The van der Waals surface area contributed by atoms with Gasteiger partial charge in [0.05, 0.1) is 5.69 Å². The molecule has 1 heterocycles. The summed E-state index contributed by atoms with van der Waals surface area (Å²) < 4.78 is 0.961. The van der Waals surface area contributed by atoms with Gasteiger partial charge in [0.1, 0.15) is 0 Å². The molecule has 2 N–H and O–H groups in total. The van der Waals surface area contributed by atoms with Crippen LogP contribution in [0.15, 0.2) is 28.7 Å². The van der Waals surface area contributed by atoms with Crippen molar-refractivity contribution in [3.63, 3.8) is 0 Å². The molecule has 2 rings (SSSR count). The lowest BCUT2D eigenvalue weighted by Gasteiger charge is -2.02. The number of hydrogen-bond donors (Lipinski definition) is 2. The van der Waals surface area contributed by atoms with E-state index in [0.29, 0.717) is 11.4 Å². The number of carbonyl (C=O) groups excluding carboxylic acids is 1. The van der Waals surface area contributed by atoms with E-state index in [4.69, 9.17) is 0 Å². The molecule has 0 fully saturated rings. The number of aromatic nitrogens is 3. The minimum Gasteiger partial charge on any atom is -0.321 e. The molecule has 0 aliphatic rings. The first-order valence-electron chi connectivity index (χ1n) is 4.61. The minimum atomic E-state index is -0.270. The van der Waals surface area contributed by atoms with Crippen molar-refractivity contribution < 1.29 is 4.79 Å². The summed E-state index contributed by atoms with van der Waals surface area (Å²) in [5, 5.41) is 12.7. The smallest absolute Gasteiger partial charge is 0.278 e. The molecule has 1 aromatic heterocycles. The Morgan fingerprint density at radius 3 is 2.56 bits per heavy atom. The van der Waals surface area contributed by atoms with E-state index >= 15 is 0 Å². The highest BCUT2D eigenvalue weighted by Gasteiger charge is 2.12. The number of hydrogen-bond acceptors (Lipinski definition) is 3. The first-order valence-corrected chi connectivity index (χ1v) is 5.40. The summed E-state index contributed by atoms with van der Waals surface area (Å²) in [6.45, 7) is 1.72. The van der Waals surface area contributed by atoms with Crippen LogP contribution in [-0.2, 0) is 0 Å². The molecule has 1 aromatic carbocycles. The predicted molar refractivity (Wildman–Crippen MR) is 63.2 cm³/mol. The molecule has 0 atom stereocenters. The summed E-state index contributed by atoms with van der Waals surface area (Å²) in [6.07, 6.45) is 0. The van der Waals surface area contributed by atoms with Gasteiger partial charge in [-0.1, -0.05) is 15.9 Å². The van der Waals surface area contributed by atoms with E-state index in [0.717, 1.165) is 10.2 Å². The molecule has 5 nitrogen and oxygen atoms in total. The Bertz CT molecular complexity index is 506. The van der Waals surface area contributed by atoms with Crippen molar-refractivity contribution in [1.29, 1.82) is 0 Å². The second-order valence-corrected chi connectivity index (χ2v) is 4.13. The molecule has 0 radical (unpaired) electrons. The largest absolute Gasteiger partial charge is 0.321 e. The topological polar surface area (TPSA) is 70.7 Å². The SMILES string of the molecule is Cc1n[nH]nc1C(=O)Nc1ccc(Br)cc1. The number of nitrogens with one attached hydrogen (secondary N) is 2. The molecule has 0 saturated heterocycles. The van der Waals surface area contributed by atoms with Gasteiger partial charge < -0.3 is 5.32 Å². The molecule has 0 aliphatic heterocycles. The number of H-pyrrole nitrogens is 1. The van der Waals surface area contributed by atoms with Crippen molar-refractivity contribution in [1.82, 2.24) is 15.4 Å². The lowest BCUT2D eigenvalue weighted by molar-refractivity contribution is 0.102. The van der Waals surface area contributed by atoms with Crippen LogP contribution >= 0.6 is 15.9 Å². The highest BCUT2D eigenvalue weighted by Crippen LogP contribution is 2.14. The monoisotopic (exact) mass is 280 g/mol. The first kappa shape index (κ1) is 10.8. The van der Waals surface area contributed by atoms with Crippen molar-refractivity contribution in [2.24, 2.45) is 0 Å². The van der Waals surface area contributed by atoms with Crippen LogP contribution in [0.1, 0.15) is 16.2 Å². The van der Waals surface area contributed by atoms with Gasteiger partial charge in [-0.25, -0.2) is 0 Å². The maximum atomic E-state index is 11.7. The van der Waals surface area contributed by atoms with Gasteiger partial charge in [-0.15, -0.1) is 0 Å². The first-order chi connectivity index (χ1) is 7.66. The molecule has 2 aromatic rings. The van der Waals surface area contributed by atoms with Crippen LogP contribution in [0.3, 0.4) is 0 Å². The summed E-state index contributed by atoms with van der Waals surface area (Å²) in [4.78, 5) is 11.7. The Morgan fingerprint density at radius 2 is 2.00 bits per heavy atom. The molecule has 82 valence electrons. The van der Waals surface area contributed by atoms with Gasteiger partial charge in [-0.2, -0.15) is 15.4 Å². The number of amides is 1. The zero-order valence-corrected chi connectivity index (χ0v) is 10.1. The molecule has 0 saturated carbocycles. The number of carbonyl (C=O) groups is 1. The van der Waals surface area contributed by atoms with E-state index in [9.17, 15) is 4.79 Å². The molecule has 0 aliphatic carbocycles. The van der Waals surface area contributed by atoms with Crippen LogP contribution in [-0.4, -0.2) is 21.3 Å². The van der Waals surface area contributed by atoms with E-state index < -0.39 is 0 Å². The Hall–Kier alpha value is -1.69. The molecule has 16 heavy (non-hydrogen) atoms. The Kier molecular flexibility index (Phi) is 3.00. The molecule has 0 spiro atoms. The highest BCUT2D eigenvalue weighted by atomic mass is 79.9. The molecule has 0 unspecified atom stereocenters. The van der Waals surface area contributed by atoms with Gasteiger partial charge in [0.15, 0.2) is 5.69 Å². The molecular weight excluding hydrogens is 272 g/mol. The maximum absolute atomic E-state index is 11.7. The number of anilines is 1. The zero-order valence-electron chi connectivity index (χ0n) is 8.49. The van der Waals surface area contributed by atoms with E-state index in [-0.39, 0.29) is 5.91 Å². The predicted octanol–water partition coefficient (Wildman–Crippen LogP) is 2.13. The van der Waals surface area contributed by atoms with Crippen molar-refractivity contribution in [3.8, 4) is 0 Å². The fourth-order valence-electron chi connectivity index (χ4n) is 1.22. The summed E-state index contributed by atoms with van der Waals surface area (Å²) in [5.74, 6) is -0.270. The second kappa shape index (κ2) is 4.44. The van der Waals surface area contributed by atoms with Gasteiger partial charge in [0, 0.05) is 10.2 Å². The number of benzene rings is 1. The number of aromatic amines is 1. The van der Waals surface area contributed by atoms with Crippen molar-refractivity contribution in [2.75, 3.05) is 5.32 Å². The Labute approximate surface area is 100 Å². The van der Waals surface area contributed by atoms with Crippen LogP contribution in [0.5, 0.6) is 0 Å². The normalized spacial score (nSPS) is 10.1. The zero-order chi connectivity index (χ0) is 11.5. The Morgan fingerprint density at radius 1 is 1.31 bits per heavy atom. The van der Waals surface area contributed by atoms with Crippen molar-refractivity contribution >= 4 is 27.5 Å². The third-order valence-corrected chi connectivity index (χ3v) is 2.57. The lowest BCUT2D eigenvalue weighted by Crippen LogP contribution is -2.13. The molecule has 1 amide bonds. The minimum absolute atomic E-state index is 0.270. The van der Waals surface area contributed by atoms with E-state index in [1.54, 1.807) is 19.1 Å². The van der Waals surface area contributed by atoms with Crippen molar-refractivity contribution in [3.05, 3.63) is 40.1 Å². The molecule has 6 heteroatoms. The fourth-order valence-corrected chi connectivity index (χ4v) is 1.49. The van der Waals surface area contributed by atoms with E-state index in [1.165, 1.54) is 0 Å². The summed E-state index contributed by atoms with van der Waals surface area (Å²) in [6, 6.07) is 7.31. The number of nitrogens with zero attached hydrogens (tertiary/aromatic N) is 2. The molecular formula is C10H9BrN4O. The third-order valence-electron chi connectivity index (χ3n) is 2.04. The van der Waals surface area contributed by atoms with Gasteiger partial charge >= 0.3 is 0 Å². The van der Waals surface area contributed by atoms with Gasteiger partial charge in [0.25, 0.3) is 5.91 Å². The standard InChI is InChI=1S/C10H9BrN4O/c1-6-9(14-15-13-6)10(16)12-8-4-2-7(11)3-5-8/h2-5H,1H3,(H,12,16)(H,13,14,15). The van der Waals surface area contributed by atoms with E-state index in [2.05, 4.69) is 36.7 Å². The van der Waals surface area contributed by atoms with Crippen molar-refractivity contribution in [2.45, 2.75) is 6.92 Å². The molecule has 0 bridgehead atoms. The number of rotatable bonds is 2. The highest BCUT2D eigenvalue weighted by molar-refractivity contribution is 9.10. The van der Waals surface area contributed by atoms with Gasteiger partial charge in [-0.3, -0.25) is 4.79 Å². The van der Waals surface area contributed by atoms with E-state index in [1.807, 2.05) is 12.1 Å². The fraction of sp³-hybridized carbons (Fsp3) is 0.100. The van der Waals surface area contributed by atoms with Crippen LogP contribution in [0.25, 0.3) is 0 Å². The van der Waals surface area contributed by atoms with Gasteiger partial charge in [0.2, 0.25) is 0 Å². The summed E-state index contributed by atoms with van der Waals surface area (Å²) in [5.41, 5.74) is 1.60. The summed E-state index contributed by atoms with van der Waals surface area (Å²) >= 11 is 3.32. The number of aryl methyl sites for hydroxylation is 1. The number of halogens is 1. The maximum Gasteiger partial charge on any atom is 0.278 e. The quantitative estimate of drug-likeness (QED) is 0.885. The average molecular weight is 281 g/mol. The lowest BCUT2D eigenvalue weighted by atomic mass is 10.3. The van der Waals surface area contributed by atoms with Crippen LogP contribution < -0.4 is 5.32 Å². The Balaban J connectivity index is 2.14. The third kappa shape index (κ3) is 2.27. The van der Waals surface area contributed by atoms with Crippen LogP contribution in [0, 0.1) is 6.92 Å². The van der Waals surface area contributed by atoms with Crippen LogP contribution in [0.2, 0.25) is 0 Å².